The van der Waals surface area contributed by atoms with Gasteiger partial charge in [0.05, 0.1) is 14.1 Å². The Morgan fingerprint density at radius 3 is 1.47 bits per heavy atom. The molecular weight excluding hydrogens is 236 g/mol. The van der Waals surface area contributed by atoms with E-state index in [-0.39, 0.29) is 17.0 Å². The van der Waals surface area contributed by atoms with E-state index in [2.05, 4.69) is 0 Å². The predicted octanol–water partition coefficient (Wildman–Crippen LogP) is -4.38. The summed E-state index contributed by atoms with van der Waals surface area (Å²) in [5.41, 5.74) is 0. The Kier molecular flexibility index (Phi) is 6.58. The fourth-order valence-corrected chi connectivity index (χ4v) is 1.81. The maximum atomic E-state index is 6.05. The van der Waals surface area contributed by atoms with Crippen LogP contribution >= 0.6 is 0 Å². The zero-order valence-corrected chi connectivity index (χ0v) is 13.4. The van der Waals surface area contributed by atoms with E-state index in [1.807, 2.05) is 21.0 Å². The van der Waals surface area contributed by atoms with Crippen LogP contribution in [-0.4, -0.2) is 61.4 Å². The van der Waals surface area contributed by atoms with Crippen LogP contribution in [0.4, 0.5) is 0 Å². The molecule has 0 aliphatic heterocycles. The second-order valence-corrected chi connectivity index (χ2v) is 5.44. The lowest BCUT2D eigenvalue weighted by Gasteiger charge is -2.49. The summed E-state index contributed by atoms with van der Waals surface area (Å²) >= 11 is 0. The van der Waals surface area contributed by atoms with E-state index in [0.717, 1.165) is 0 Å². The second-order valence-electron chi connectivity index (χ2n) is 4.08. The van der Waals surface area contributed by atoms with Gasteiger partial charge < -0.3 is 26.6 Å². The van der Waals surface area contributed by atoms with Crippen LogP contribution in [0.2, 0.25) is 0 Å². The Labute approximate surface area is 101 Å². The SMILES string of the molecule is COC(C)(OC)C([SiH3])(OC)[N+](C)(C)N.[Cl-]. The van der Waals surface area contributed by atoms with Crippen molar-refractivity contribution in [1.29, 1.82) is 0 Å². The number of nitrogens with two attached hydrogens (primary N) is 1. The van der Waals surface area contributed by atoms with Crippen molar-refractivity contribution in [2.75, 3.05) is 35.4 Å². The summed E-state index contributed by atoms with van der Waals surface area (Å²) in [7, 11) is 9.19. The second kappa shape index (κ2) is 5.58. The quantitative estimate of drug-likeness (QED) is 0.178. The van der Waals surface area contributed by atoms with E-state index in [4.69, 9.17) is 20.1 Å². The van der Waals surface area contributed by atoms with E-state index in [9.17, 15) is 0 Å². The van der Waals surface area contributed by atoms with Gasteiger partial charge in [-0.3, -0.25) is 0 Å². The average Bonchev–Trinajstić information content (AvgIpc) is 2.13. The lowest BCUT2D eigenvalue weighted by molar-refractivity contribution is -0.974. The summed E-state index contributed by atoms with van der Waals surface area (Å²) in [5, 5.41) is -0.656. The molecule has 0 bridgehead atoms. The van der Waals surface area contributed by atoms with Crippen LogP contribution in [0, 0.1) is 0 Å². The molecule has 0 saturated carbocycles. The van der Waals surface area contributed by atoms with Crippen LogP contribution in [0.5, 0.6) is 0 Å². The minimum absolute atomic E-state index is 0. The Hall–Kier alpha value is 0.307. The lowest BCUT2D eigenvalue weighted by atomic mass is 10.2. The van der Waals surface area contributed by atoms with Crippen molar-refractivity contribution in [3.63, 3.8) is 0 Å². The van der Waals surface area contributed by atoms with Crippen molar-refractivity contribution in [2.24, 2.45) is 5.84 Å². The van der Waals surface area contributed by atoms with Gasteiger partial charge in [0, 0.05) is 21.3 Å². The minimum atomic E-state index is -0.841. The average molecular weight is 259 g/mol. The number of halogens is 1. The zero-order chi connectivity index (χ0) is 11.6. The molecule has 0 aromatic rings. The number of rotatable bonds is 5. The van der Waals surface area contributed by atoms with E-state index in [1.165, 1.54) is 0 Å². The number of nitrogens with zero attached hydrogens (tertiary/aromatic N) is 1. The maximum absolute atomic E-state index is 6.05. The van der Waals surface area contributed by atoms with Crippen molar-refractivity contribution >= 4 is 10.2 Å². The molecule has 15 heavy (non-hydrogen) atoms. The lowest BCUT2D eigenvalue weighted by Crippen LogP contribution is -3.00. The number of likely N-dealkylation sites (N-methyl/N-ethyl adjacent to an activating group) is 1. The van der Waals surface area contributed by atoms with Crippen LogP contribution < -0.4 is 18.2 Å². The highest BCUT2D eigenvalue weighted by molar-refractivity contribution is 6.14. The Balaban J connectivity index is 0. The molecule has 0 spiro atoms. The van der Waals surface area contributed by atoms with E-state index >= 15 is 0 Å². The summed E-state index contributed by atoms with van der Waals surface area (Å²) in [6.45, 7) is 1.83. The highest BCUT2D eigenvalue weighted by Crippen LogP contribution is 2.31. The molecule has 0 amide bonds. The number of methoxy groups -OCH3 is 3. The molecular formula is C8H23ClN2O3Si. The normalized spacial score (nSPS) is 17.0. The topological polar surface area (TPSA) is 53.7 Å². The molecule has 1 atom stereocenters. The molecule has 0 saturated heterocycles. The first-order chi connectivity index (χ1) is 6.18. The minimum Gasteiger partial charge on any atom is -1.00 e. The molecule has 0 radical (unpaired) electrons. The Morgan fingerprint density at radius 1 is 1.07 bits per heavy atom. The first-order valence-corrected chi connectivity index (χ1v) is 5.46. The van der Waals surface area contributed by atoms with Crippen LogP contribution in [0.3, 0.4) is 0 Å². The molecule has 7 heteroatoms. The largest absolute Gasteiger partial charge is 1.00 e. The van der Waals surface area contributed by atoms with Gasteiger partial charge in [-0.1, -0.05) is 0 Å². The molecule has 0 aromatic carbocycles. The third-order valence-corrected chi connectivity index (χ3v) is 5.59. The first-order valence-electron chi connectivity index (χ1n) is 4.46. The van der Waals surface area contributed by atoms with Gasteiger partial charge in [0.15, 0.2) is 0 Å². The molecule has 0 rings (SSSR count). The van der Waals surface area contributed by atoms with Gasteiger partial charge in [0.1, 0.15) is 10.2 Å². The molecule has 0 fully saturated rings. The van der Waals surface area contributed by atoms with Gasteiger partial charge in [-0.15, -0.1) is 0 Å². The van der Waals surface area contributed by atoms with Crippen LogP contribution in [-0.2, 0) is 14.2 Å². The van der Waals surface area contributed by atoms with Crippen molar-refractivity contribution in [2.45, 2.75) is 18.1 Å². The summed E-state index contributed by atoms with van der Waals surface area (Å²) in [6, 6.07) is 0. The van der Waals surface area contributed by atoms with Gasteiger partial charge in [-0.25, -0.2) is 4.59 Å². The number of hydrogen-bond acceptors (Lipinski definition) is 4. The standard InChI is InChI=1S/C8H23N2O3Si.ClH/c1-7(11-4,12-5)8(14,13-6)10(2,3)9;/h9H2,1-6,14H3;1H/q+1;/p-1. The van der Waals surface area contributed by atoms with Gasteiger partial charge in [-0.05, 0) is 6.92 Å². The number of ether oxygens (including phenoxy) is 3. The Morgan fingerprint density at radius 2 is 1.40 bits per heavy atom. The molecule has 0 heterocycles. The van der Waals surface area contributed by atoms with Gasteiger partial charge in [-0.2, -0.15) is 5.84 Å². The zero-order valence-electron chi connectivity index (χ0n) is 10.6. The smallest absolute Gasteiger partial charge is 0.244 e. The van der Waals surface area contributed by atoms with Crippen molar-refractivity contribution in [1.82, 2.24) is 0 Å². The fourth-order valence-electron chi connectivity index (χ4n) is 1.41. The van der Waals surface area contributed by atoms with Gasteiger partial charge in [0.25, 0.3) is 0 Å². The molecule has 2 N–H and O–H groups in total. The number of quaternary nitrogens is 1. The molecule has 94 valence electrons. The third-order valence-electron chi connectivity index (χ3n) is 3.12. The predicted molar refractivity (Wildman–Crippen MR) is 58.4 cm³/mol. The van der Waals surface area contributed by atoms with Crippen LogP contribution in [0.1, 0.15) is 6.92 Å². The monoisotopic (exact) mass is 258 g/mol. The van der Waals surface area contributed by atoms with Crippen LogP contribution in [0.25, 0.3) is 0 Å². The first kappa shape index (κ1) is 17.7. The molecule has 1 unspecified atom stereocenters. The Bertz CT molecular complexity index is 197. The molecule has 5 nitrogen and oxygen atoms in total. The van der Waals surface area contributed by atoms with E-state index in [1.54, 1.807) is 21.3 Å². The van der Waals surface area contributed by atoms with Crippen molar-refractivity contribution < 1.29 is 31.2 Å². The summed E-state index contributed by atoms with van der Waals surface area (Å²) in [5.74, 6) is 5.21. The highest BCUT2D eigenvalue weighted by atomic mass is 35.5. The van der Waals surface area contributed by atoms with Crippen molar-refractivity contribution in [3.05, 3.63) is 0 Å². The summed E-state index contributed by atoms with van der Waals surface area (Å²) in [4.78, 5) is 0. The summed E-state index contributed by atoms with van der Waals surface area (Å²) in [6.07, 6.45) is 0. The summed E-state index contributed by atoms with van der Waals surface area (Å²) < 4.78 is 16.4. The van der Waals surface area contributed by atoms with Gasteiger partial charge in [0.2, 0.25) is 11.1 Å². The molecule has 0 aromatic heterocycles. The van der Waals surface area contributed by atoms with Gasteiger partial charge >= 0.3 is 0 Å². The van der Waals surface area contributed by atoms with E-state index < -0.39 is 11.1 Å². The number of hydrogen-bond donors (Lipinski definition) is 1. The van der Waals surface area contributed by atoms with Crippen molar-refractivity contribution in [3.8, 4) is 0 Å². The molecule has 0 aliphatic carbocycles. The molecule has 0 aliphatic rings. The third kappa shape index (κ3) is 2.91. The maximum Gasteiger partial charge on any atom is 0.244 e. The highest BCUT2D eigenvalue weighted by Gasteiger charge is 2.57. The van der Waals surface area contributed by atoms with Crippen LogP contribution in [0.15, 0.2) is 0 Å². The van der Waals surface area contributed by atoms with E-state index in [0.29, 0.717) is 10.2 Å². The fraction of sp³-hybridized carbons (Fsp3) is 1.00.